The van der Waals surface area contributed by atoms with Gasteiger partial charge in [0.15, 0.2) is 0 Å². The maximum absolute atomic E-state index is 12.7. The molecule has 0 saturated carbocycles. The quantitative estimate of drug-likeness (QED) is 0.534. The van der Waals surface area contributed by atoms with Gasteiger partial charge in [-0.2, -0.15) is 12.6 Å². The smallest absolute Gasteiger partial charge is 0.146 e. The van der Waals surface area contributed by atoms with E-state index in [9.17, 15) is 4.39 Å². The van der Waals surface area contributed by atoms with Crippen molar-refractivity contribution in [2.24, 2.45) is 0 Å². The normalized spacial score (nSPS) is 10.8. The van der Waals surface area contributed by atoms with E-state index in [1.165, 1.54) is 6.07 Å². The first kappa shape index (κ1) is 9.13. The molecule has 1 aromatic rings. The van der Waals surface area contributed by atoms with Gasteiger partial charge in [-0.1, -0.05) is 18.2 Å². The average Bonchev–Trinajstić information content (AvgIpc) is 2.07. The summed E-state index contributed by atoms with van der Waals surface area (Å²) in [4.78, 5) is 0. The fraction of sp³-hybridized carbons (Fsp3) is 0.111. The Balaban J connectivity index is 2.89. The number of hydrogen-bond donors (Lipinski definition) is 2. The van der Waals surface area contributed by atoms with Crippen molar-refractivity contribution < 1.29 is 4.39 Å². The lowest BCUT2D eigenvalue weighted by Gasteiger charge is -1.97. The molecule has 12 heavy (non-hydrogen) atoms. The van der Waals surface area contributed by atoms with Gasteiger partial charge in [0.05, 0.1) is 5.69 Å². The van der Waals surface area contributed by atoms with Crippen LogP contribution in [0.15, 0.2) is 24.3 Å². The Morgan fingerprint density at radius 1 is 1.50 bits per heavy atom. The fourth-order valence-corrected chi connectivity index (χ4v) is 0.960. The zero-order chi connectivity index (χ0) is 8.97. The van der Waals surface area contributed by atoms with Crippen LogP contribution in [0.3, 0.4) is 0 Å². The van der Waals surface area contributed by atoms with Crippen molar-refractivity contribution >= 4 is 24.4 Å². The third-order valence-electron chi connectivity index (χ3n) is 1.44. The van der Waals surface area contributed by atoms with Crippen molar-refractivity contribution in [1.29, 1.82) is 0 Å². The molecule has 0 aliphatic carbocycles. The number of nitrogens with two attached hydrogens (primary N) is 1. The Bertz CT molecular complexity index is 297. The molecule has 0 spiro atoms. The van der Waals surface area contributed by atoms with Crippen LogP contribution in [-0.4, -0.2) is 5.75 Å². The minimum atomic E-state index is -0.377. The molecule has 1 nitrogen and oxygen atoms in total. The molecular weight excluding hydrogens is 173 g/mol. The van der Waals surface area contributed by atoms with Crippen LogP contribution >= 0.6 is 12.6 Å². The minimum Gasteiger partial charge on any atom is -0.396 e. The Morgan fingerprint density at radius 2 is 2.25 bits per heavy atom. The van der Waals surface area contributed by atoms with Gasteiger partial charge in [0.2, 0.25) is 0 Å². The van der Waals surface area contributed by atoms with Crippen molar-refractivity contribution in [2.45, 2.75) is 0 Å². The second-order valence-corrected chi connectivity index (χ2v) is 2.73. The van der Waals surface area contributed by atoms with Crippen LogP contribution in [0.25, 0.3) is 6.08 Å². The highest BCUT2D eigenvalue weighted by atomic mass is 32.1. The highest BCUT2D eigenvalue weighted by Gasteiger charge is 1.95. The van der Waals surface area contributed by atoms with E-state index in [-0.39, 0.29) is 11.5 Å². The van der Waals surface area contributed by atoms with Crippen LogP contribution in [0.2, 0.25) is 0 Å². The maximum Gasteiger partial charge on any atom is 0.146 e. The number of halogens is 1. The molecule has 1 rings (SSSR count). The van der Waals surface area contributed by atoms with Gasteiger partial charge < -0.3 is 5.73 Å². The third kappa shape index (κ3) is 2.27. The van der Waals surface area contributed by atoms with Gasteiger partial charge in [-0.3, -0.25) is 0 Å². The monoisotopic (exact) mass is 183 g/mol. The van der Waals surface area contributed by atoms with Gasteiger partial charge in [-0.05, 0) is 17.7 Å². The summed E-state index contributed by atoms with van der Waals surface area (Å²) in [5, 5.41) is 0. The fourth-order valence-electron chi connectivity index (χ4n) is 0.855. The summed E-state index contributed by atoms with van der Waals surface area (Å²) < 4.78 is 12.7. The van der Waals surface area contributed by atoms with Crippen molar-refractivity contribution in [3.8, 4) is 0 Å². The van der Waals surface area contributed by atoms with Crippen molar-refractivity contribution in [2.75, 3.05) is 11.5 Å². The molecule has 0 amide bonds. The third-order valence-corrected chi connectivity index (χ3v) is 1.65. The molecule has 0 fully saturated rings. The number of benzene rings is 1. The number of nitrogen functional groups attached to an aromatic ring is 1. The van der Waals surface area contributed by atoms with E-state index in [2.05, 4.69) is 12.6 Å². The Hall–Kier alpha value is -0.960. The van der Waals surface area contributed by atoms with Crippen molar-refractivity contribution in [1.82, 2.24) is 0 Å². The molecular formula is C9H10FNS. The van der Waals surface area contributed by atoms with Gasteiger partial charge in [0, 0.05) is 5.75 Å². The van der Waals surface area contributed by atoms with Crippen LogP contribution in [0, 0.1) is 5.82 Å². The predicted octanol–water partition coefficient (Wildman–Crippen LogP) is 2.35. The molecule has 0 unspecified atom stereocenters. The van der Waals surface area contributed by atoms with Gasteiger partial charge >= 0.3 is 0 Å². The topological polar surface area (TPSA) is 26.0 Å². The van der Waals surface area contributed by atoms with E-state index in [0.29, 0.717) is 5.75 Å². The molecule has 0 aliphatic heterocycles. The van der Waals surface area contributed by atoms with Gasteiger partial charge in [-0.15, -0.1) is 0 Å². The van der Waals surface area contributed by atoms with E-state index in [1.807, 2.05) is 12.2 Å². The number of thiol groups is 1. The van der Waals surface area contributed by atoms with Crippen LogP contribution in [-0.2, 0) is 0 Å². The second-order valence-electron chi connectivity index (χ2n) is 2.37. The summed E-state index contributed by atoms with van der Waals surface area (Å²) in [7, 11) is 0. The van der Waals surface area contributed by atoms with E-state index in [0.717, 1.165) is 5.56 Å². The van der Waals surface area contributed by atoms with Gasteiger partial charge in [0.1, 0.15) is 5.82 Å². The molecule has 0 heterocycles. The Morgan fingerprint density at radius 3 is 2.83 bits per heavy atom. The molecule has 64 valence electrons. The van der Waals surface area contributed by atoms with Gasteiger partial charge in [0.25, 0.3) is 0 Å². The SMILES string of the molecule is Nc1cc(C=CCS)ccc1F. The van der Waals surface area contributed by atoms with Crippen LogP contribution < -0.4 is 5.73 Å². The molecule has 0 bridgehead atoms. The first-order valence-electron chi connectivity index (χ1n) is 3.56. The summed E-state index contributed by atoms with van der Waals surface area (Å²) in [5.74, 6) is 0.287. The van der Waals surface area contributed by atoms with Crippen LogP contribution in [0.4, 0.5) is 10.1 Å². The molecule has 1 aromatic carbocycles. The van der Waals surface area contributed by atoms with E-state index < -0.39 is 0 Å². The number of anilines is 1. The average molecular weight is 183 g/mol. The summed E-state index contributed by atoms with van der Waals surface area (Å²) in [6, 6.07) is 4.62. The van der Waals surface area contributed by atoms with Gasteiger partial charge in [-0.25, -0.2) is 4.39 Å². The highest BCUT2D eigenvalue weighted by molar-refractivity contribution is 7.80. The lowest BCUT2D eigenvalue weighted by atomic mass is 10.2. The standard InChI is InChI=1S/C9H10FNS/c10-8-4-3-7(2-1-5-12)6-9(8)11/h1-4,6,12H,5,11H2. The molecule has 0 atom stereocenters. The van der Waals surface area contributed by atoms with Crippen LogP contribution in [0.1, 0.15) is 5.56 Å². The first-order chi connectivity index (χ1) is 5.74. The zero-order valence-corrected chi connectivity index (χ0v) is 7.39. The van der Waals surface area contributed by atoms with Crippen molar-refractivity contribution in [3.05, 3.63) is 35.7 Å². The summed E-state index contributed by atoms with van der Waals surface area (Å²) in [5.41, 5.74) is 6.43. The van der Waals surface area contributed by atoms with E-state index >= 15 is 0 Å². The molecule has 0 aliphatic rings. The summed E-state index contributed by atoms with van der Waals surface area (Å²) in [6.07, 6.45) is 3.72. The van der Waals surface area contributed by atoms with Crippen LogP contribution in [0.5, 0.6) is 0 Å². The molecule has 0 radical (unpaired) electrons. The zero-order valence-electron chi connectivity index (χ0n) is 6.50. The second kappa shape index (κ2) is 4.16. The molecule has 2 N–H and O–H groups in total. The lowest BCUT2D eigenvalue weighted by Crippen LogP contribution is -1.89. The van der Waals surface area contributed by atoms with E-state index in [1.54, 1.807) is 12.1 Å². The Kier molecular flexibility index (Phi) is 3.17. The maximum atomic E-state index is 12.7. The summed E-state index contributed by atoms with van der Waals surface area (Å²) in [6.45, 7) is 0. The molecule has 3 heteroatoms. The first-order valence-corrected chi connectivity index (χ1v) is 4.19. The highest BCUT2D eigenvalue weighted by Crippen LogP contribution is 2.13. The summed E-state index contributed by atoms with van der Waals surface area (Å²) >= 11 is 4.00. The lowest BCUT2D eigenvalue weighted by molar-refractivity contribution is 0.632. The molecule has 0 saturated heterocycles. The predicted molar refractivity (Wildman–Crippen MR) is 53.7 cm³/mol. The molecule has 0 aromatic heterocycles. The Labute approximate surface area is 76.5 Å². The number of hydrogen-bond acceptors (Lipinski definition) is 2. The van der Waals surface area contributed by atoms with E-state index in [4.69, 9.17) is 5.73 Å². The number of rotatable bonds is 2. The minimum absolute atomic E-state index is 0.177. The largest absolute Gasteiger partial charge is 0.396 e. The van der Waals surface area contributed by atoms with Crippen molar-refractivity contribution in [3.63, 3.8) is 0 Å².